The molecular formula is C12H22ClNO2. The molecule has 1 rings (SSSR count). The fourth-order valence-corrected chi connectivity index (χ4v) is 2.24. The third-order valence-electron chi connectivity index (χ3n) is 2.79. The highest BCUT2D eigenvalue weighted by Crippen LogP contribution is 2.25. The van der Waals surface area contributed by atoms with Crippen molar-refractivity contribution in [3.05, 3.63) is 0 Å². The van der Waals surface area contributed by atoms with Gasteiger partial charge in [-0.25, -0.2) is 4.79 Å². The second-order valence-corrected chi connectivity index (χ2v) is 5.83. The molecule has 0 aromatic rings. The molecule has 94 valence electrons. The summed E-state index contributed by atoms with van der Waals surface area (Å²) in [6.45, 7) is 5.62. The zero-order valence-electron chi connectivity index (χ0n) is 10.4. The first-order chi connectivity index (χ1) is 7.40. The van der Waals surface area contributed by atoms with Gasteiger partial charge in [-0.2, -0.15) is 0 Å². The van der Waals surface area contributed by atoms with Crippen LogP contribution in [0.2, 0.25) is 0 Å². The first-order valence-corrected chi connectivity index (χ1v) is 6.49. The van der Waals surface area contributed by atoms with Gasteiger partial charge in [0.25, 0.3) is 0 Å². The normalized spacial score (nSPS) is 26.2. The van der Waals surface area contributed by atoms with E-state index in [0.29, 0.717) is 5.92 Å². The Morgan fingerprint density at radius 2 is 1.88 bits per heavy atom. The van der Waals surface area contributed by atoms with Crippen molar-refractivity contribution >= 4 is 17.7 Å². The molecule has 0 heterocycles. The van der Waals surface area contributed by atoms with E-state index in [2.05, 4.69) is 5.32 Å². The average Bonchev–Trinajstić information content (AvgIpc) is 2.16. The van der Waals surface area contributed by atoms with E-state index in [1.807, 2.05) is 20.8 Å². The largest absolute Gasteiger partial charge is 0.444 e. The van der Waals surface area contributed by atoms with Crippen molar-refractivity contribution in [2.75, 3.05) is 5.88 Å². The van der Waals surface area contributed by atoms with Crippen molar-refractivity contribution in [3.8, 4) is 0 Å². The van der Waals surface area contributed by atoms with Crippen molar-refractivity contribution < 1.29 is 9.53 Å². The summed E-state index contributed by atoms with van der Waals surface area (Å²) in [6.07, 6.45) is 3.92. The quantitative estimate of drug-likeness (QED) is 0.761. The topological polar surface area (TPSA) is 38.3 Å². The Kier molecular flexibility index (Phi) is 4.90. The van der Waals surface area contributed by atoms with E-state index in [9.17, 15) is 4.79 Å². The van der Waals surface area contributed by atoms with E-state index < -0.39 is 5.60 Å². The molecular weight excluding hydrogens is 226 g/mol. The van der Waals surface area contributed by atoms with Crippen LogP contribution in [0.15, 0.2) is 0 Å². The zero-order valence-corrected chi connectivity index (χ0v) is 11.1. The van der Waals surface area contributed by atoms with Gasteiger partial charge in [-0.3, -0.25) is 0 Å². The van der Waals surface area contributed by atoms with E-state index in [1.54, 1.807) is 0 Å². The van der Waals surface area contributed by atoms with Crippen molar-refractivity contribution in [1.29, 1.82) is 0 Å². The van der Waals surface area contributed by atoms with Crippen LogP contribution in [0.5, 0.6) is 0 Å². The Bertz CT molecular complexity index is 230. The van der Waals surface area contributed by atoms with E-state index >= 15 is 0 Å². The number of hydrogen-bond donors (Lipinski definition) is 1. The predicted molar refractivity (Wildman–Crippen MR) is 65.8 cm³/mol. The molecule has 1 amide bonds. The summed E-state index contributed by atoms with van der Waals surface area (Å²) in [4.78, 5) is 11.5. The molecule has 0 bridgehead atoms. The van der Waals surface area contributed by atoms with Crippen molar-refractivity contribution in [2.24, 2.45) is 5.92 Å². The minimum absolute atomic E-state index is 0.259. The minimum Gasteiger partial charge on any atom is -0.444 e. The molecule has 0 unspecified atom stereocenters. The third-order valence-corrected chi connectivity index (χ3v) is 3.22. The lowest BCUT2D eigenvalue weighted by molar-refractivity contribution is 0.0488. The smallest absolute Gasteiger partial charge is 0.407 e. The lowest BCUT2D eigenvalue weighted by Gasteiger charge is -2.29. The molecule has 0 spiro atoms. The zero-order chi connectivity index (χ0) is 12.2. The Balaban J connectivity index is 2.26. The van der Waals surface area contributed by atoms with E-state index in [1.165, 1.54) is 0 Å². The molecule has 1 N–H and O–H groups in total. The van der Waals surface area contributed by atoms with Gasteiger partial charge in [0.15, 0.2) is 0 Å². The number of alkyl carbamates (subject to hydrolysis) is 1. The number of halogens is 1. The van der Waals surface area contributed by atoms with Crippen molar-refractivity contribution in [2.45, 2.75) is 58.1 Å². The van der Waals surface area contributed by atoms with E-state index in [-0.39, 0.29) is 12.1 Å². The Labute approximate surface area is 103 Å². The number of rotatable bonds is 2. The van der Waals surface area contributed by atoms with Crippen LogP contribution >= 0.6 is 11.6 Å². The second-order valence-electron chi connectivity index (χ2n) is 5.52. The second kappa shape index (κ2) is 5.76. The van der Waals surface area contributed by atoms with Gasteiger partial charge < -0.3 is 10.1 Å². The fourth-order valence-electron chi connectivity index (χ4n) is 1.94. The molecule has 0 atom stereocenters. The lowest BCUT2D eigenvalue weighted by atomic mass is 9.87. The molecule has 1 aliphatic rings. The third kappa shape index (κ3) is 5.06. The van der Waals surface area contributed by atoms with Crippen LogP contribution < -0.4 is 5.32 Å². The standard InChI is InChI=1S/C12H22ClNO2/c1-12(2,3)16-11(15)14-10-6-4-9(8-13)5-7-10/h9-10H,4-8H2,1-3H3,(H,14,15). The molecule has 0 aromatic heterocycles. The molecule has 16 heavy (non-hydrogen) atoms. The van der Waals surface area contributed by atoms with Gasteiger partial charge in [0.2, 0.25) is 0 Å². The number of hydrogen-bond acceptors (Lipinski definition) is 2. The van der Waals surface area contributed by atoms with Gasteiger partial charge in [-0.05, 0) is 52.4 Å². The highest BCUT2D eigenvalue weighted by Gasteiger charge is 2.24. The first kappa shape index (κ1) is 13.6. The number of alkyl halides is 1. The predicted octanol–water partition coefficient (Wildman–Crippen LogP) is 3.31. The molecule has 1 aliphatic carbocycles. The highest BCUT2D eigenvalue weighted by molar-refractivity contribution is 6.18. The lowest BCUT2D eigenvalue weighted by Crippen LogP contribution is -2.41. The van der Waals surface area contributed by atoms with Crippen LogP contribution in [-0.4, -0.2) is 23.6 Å². The number of carbonyl (C=O) groups is 1. The van der Waals surface area contributed by atoms with Gasteiger partial charge >= 0.3 is 6.09 Å². The number of amides is 1. The maximum absolute atomic E-state index is 11.5. The summed E-state index contributed by atoms with van der Waals surface area (Å²) in [6, 6.07) is 0.259. The average molecular weight is 248 g/mol. The Morgan fingerprint density at radius 1 is 1.31 bits per heavy atom. The van der Waals surface area contributed by atoms with Crippen LogP contribution in [0.4, 0.5) is 4.79 Å². The van der Waals surface area contributed by atoms with Gasteiger partial charge in [0.05, 0.1) is 0 Å². The maximum atomic E-state index is 11.5. The number of carbonyl (C=O) groups excluding carboxylic acids is 1. The summed E-state index contributed by atoms with van der Waals surface area (Å²) in [5, 5.41) is 2.92. The molecule has 0 radical (unpaired) electrons. The molecule has 1 saturated carbocycles. The summed E-state index contributed by atoms with van der Waals surface area (Å²) in [5.41, 5.74) is -0.419. The summed E-state index contributed by atoms with van der Waals surface area (Å²) in [7, 11) is 0. The molecule has 1 fully saturated rings. The molecule has 0 saturated heterocycles. The Morgan fingerprint density at radius 3 is 2.31 bits per heavy atom. The van der Waals surface area contributed by atoms with Gasteiger partial charge in [0.1, 0.15) is 5.60 Å². The van der Waals surface area contributed by atoms with Crippen molar-refractivity contribution in [3.63, 3.8) is 0 Å². The first-order valence-electron chi connectivity index (χ1n) is 5.96. The summed E-state index contributed by atoms with van der Waals surface area (Å²) < 4.78 is 5.22. The van der Waals surface area contributed by atoms with Crippen molar-refractivity contribution in [1.82, 2.24) is 5.32 Å². The molecule has 3 nitrogen and oxygen atoms in total. The Hall–Kier alpha value is -0.440. The number of ether oxygens (including phenoxy) is 1. The highest BCUT2D eigenvalue weighted by atomic mass is 35.5. The maximum Gasteiger partial charge on any atom is 0.407 e. The van der Waals surface area contributed by atoms with Crippen LogP contribution in [0, 0.1) is 5.92 Å². The SMILES string of the molecule is CC(C)(C)OC(=O)NC1CCC(CCl)CC1. The minimum atomic E-state index is -0.419. The number of nitrogens with one attached hydrogen (secondary N) is 1. The van der Waals surface area contributed by atoms with Crippen LogP contribution in [0.25, 0.3) is 0 Å². The van der Waals surface area contributed by atoms with Gasteiger partial charge in [-0.1, -0.05) is 0 Å². The van der Waals surface area contributed by atoms with Gasteiger partial charge in [-0.15, -0.1) is 11.6 Å². The summed E-state index contributed by atoms with van der Waals surface area (Å²) in [5.74, 6) is 1.36. The van der Waals surface area contributed by atoms with E-state index in [4.69, 9.17) is 16.3 Å². The molecule has 0 aromatic carbocycles. The van der Waals surface area contributed by atoms with E-state index in [0.717, 1.165) is 31.6 Å². The molecule has 0 aliphatic heterocycles. The fraction of sp³-hybridized carbons (Fsp3) is 0.917. The van der Waals surface area contributed by atoms with Crippen LogP contribution in [0.3, 0.4) is 0 Å². The monoisotopic (exact) mass is 247 g/mol. The van der Waals surface area contributed by atoms with Gasteiger partial charge in [0, 0.05) is 11.9 Å². The van der Waals surface area contributed by atoms with Crippen LogP contribution in [-0.2, 0) is 4.74 Å². The molecule has 4 heteroatoms. The summed E-state index contributed by atoms with van der Waals surface area (Å²) >= 11 is 5.81. The van der Waals surface area contributed by atoms with Crippen LogP contribution in [0.1, 0.15) is 46.5 Å².